The number of carbonyl (C=O) groups excluding carboxylic acids is 2. The van der Waals surface area contributed by atoms with Gasteiger partial charge in [-0.05, 0) is 50.2 Å². The van der Waals surface area contributed by atoms with Crippen molar-refractivity contribution in [3.8, 4) is 0 Å². The van der Waals surface area contributed by atoms with E-state index in [-0.39, 0.29) is 11.8 Å². The van der Waals surface area contributed by atoms with Crippen LogP contribution in [0.15, 0.2) is 89.1 Å². The Balaban J connectivity index is 0.00000176. The van der Waals surface area contributed by atoms with E-state index < -0.39 is 0 Å². The van der Waals surface area contributed by atoms with Gasteiger partial charge in [-0.1, -0.05) is 42.5 Å². The van der Waals surface area contributed by atoms with Crippen LogP contribution in [-0.4, -0.2) is 28.2 Å². The Morgan fingerprint density at radius 3 is 1.44 bits per heavy atom. The molecule has 0 saturated carbocycles. The summed E-state index contributed by atoms with van der Waals surface area (Å²) < 4.78 is 0. The summed E-state index contributed by atoms with van der Waals surface area (Å²) in [6, 6.07) is 23.1. The summed E-state index contributed by atoms with van der Waals surface area (Å²) in [6.07, 6.45) is 0. The van der Waals surface area contributed by atoms with Gasteiger partial charge in [0.15, 0.2) is 0 Å². The van der Waals surface area contributed by atoms with Gasteiger partial charge in [0.25, 0.3) is 11.8 Å². The molecule has 0 unspecified atom stereocenters. The number of halogens is 1. The minimum absolute atomic E-state index is 0.299. The van der Waals surface area contributed by atoms with Gasteiger partial charge in [-0.15, -0.1) is 0 Å². The zero-order chi connectivity index (χ0) is 23.3. The number of nitrogens with zero attached hydrogens (tertiary/aromatic N) is 3. The van der Waals surface area contributed by atoms with E-state index in [1.165, 1.54) is 0 Å². The first-order valence-electron chi connectivity index (χ1n) is 9.46. The molecule has 0 bridgehead atoms. The number of hydrogen-bond donors (Lipinski definition) is 2. The third kappa shape index (κ3) is 7.42. The number of amides is 2. The van der Waals surface area contributed by atoms with Gasteiger partial charge in [0, 0.05) is 11.1 Å². The standard InChI is InChI=1S/C23H21N5O2.ClH.Mn/c1-16(25-27-22(29)18-10-5-3-6-11-18)20-14-9-15-21(24-20)17(2)26-28-23(30)19-12-7-4-8-13-19;;/h3-15H,1-2H3,(H,27,29)(H,28,30);1H;/q;;+2/p-1. The molecule has 0 aliphatic heterocycles. The second kappa shape index (κ2) is 13.2. The number of rotatable bonds is 6. The van der Waals surface area contributed by atoms with Gasteiger partial charge in [0.2, 0.25) is 0 Å². The Bertz CT molecular complexity index is 1020. The van der Waals surface area contributed by atoms with Gasteiger partial charge in [-0.2, -0.15) is 10.2 Å². The quantitative estimate of drug-likeness (QED) is 0.310. The molecule has 9 heteroatoms. The van der Waals surface area contributed by atoms with Gasteiger partial charge in [0.05, 0.1) is 22.8 Å². The minimum atomic E-state index is -0.299. The predicted molar refractivity (Wildman–Crippen MR) is 122 cm³/mol. The summed E-state index contributed by atoms with van der Waals surface area (Å²) in [4.78, 5) is 28.8. The molecule has 2 aromatic carbocycles. The van der Waals surface area contributed by atoms with Crippen molar-refractivity contribution in [2.24, 2.45) is 10.2 Å². The molecule has 1 aromatic heterocycles. The van der Waals surface area contributed by atoms with E-state index in [9.17, 15) is 9.59 Å². The Morgan fingerprint density at radius 1 is 0.688 bits per heavy atom. The summed E-state index contributed by atoms with van der Waals surface area (Å²) in [5, 5.41) is 8.26. The van der Waals surface area contributed by atoms with Gasteiger partial charge in [-0.25, -0.2) is 15.8 Å². The molecule has 0 spiro atoms. The van der Waals surface area contributed by atoms with Crippen LogP contribution < -0.4 is 10.9 Å². The Kier molecular flexibility index (Phi) is 10.3. The number of aromatic nitrogens is 1. The molecule has 0 atom stereocenters. The second-order valence-electron chi connectivity index (χ2n) is 6.42. The summed E-state index contributed by atoms with van der Waals surface area (Å²) in [5.41, 5.74) is 8.36. The number of benzene rings is 2. The van der Waals surface area contributed by atoms with E-state index in [1.807, 2.05) is 18.2 Å². The van der Waals surface area contributed by atoms with Crippen LogP contribution in [0, 0.1) is 0 Å². The average molecular weight is 490 g/mol. The molecule has 163 valence electrons. The van der Waals surface area contributed by atoms with Crippen LogP contribution in [0.3, 0.4) is 0 Å². The zero-order valence-electron chi connectivity index (χ0n) is 17.4. The van der Waals surface area contributed by atoms with Crippen LogP contribution in [0.25, 0.3) is 0 Å². The molecule has 0 fully saturated rings. The van der Waals surface area contributed by atoms with Gasteiger partial charge in [-0.3, -0.25) is 9.59 Å². The maximum atomic E-state index is 12.1. The first kappa shape index (κ1) is 24.9. The fourth-order valence-corrected chi connectivity index (χ4v) is 2.53. The number of hydrazone groups is 2. The van der Waals surface area contributed by atoms with E-state index in [1.54, 1.807) is 74.5 Å². The van der Waals surface area contributed by atoms with E-state index in [0.717, 1.165) is 0 Å². The SMILES string of the molecule is CC(=NNC(=O)c1ccccc1)c1cccc(C(C)=NNC(=O)c2ccccc2)n1.[Cl][Mn+]. The van der Waals surface area contributed by atoms with Crippen molar-refractivity contribution in [3.63, 3.8) is 0 Å². The maximum absolute atomic E-state index is 12.1. The van der Waals surface area contributed by atoms with Crippen molar-refractivity contribution < 1.29 is 24.7 Å². The molecule has 2 amide bonds. The Morgan fingerprint density at radius 2 is 1.06 bits per heavy atom. The van der Waals surface area contributed by atoms with Crippen molar-refractivity contribution >= 4 is 33.3 Å². The van der Waals surface area contributed by atoms with Gasteiger partial charge < -0.3 is 0 Å². The molecule has 0 aliphatic rings. The fourth-order valence-electron chi connectivity index (χ4n) is 2.53. The third-order valence-electron chi connectivity index (χ3n) is 4.21. The van der Waals surface area contributed by atoms with Crippen molar-refractivity contribution in [2.75, 3.05) is 0 Å². The van der Waals surface area contributed by atoms with Crippen molar-refractivity contribution in [2.45, 2.75) is 13.8 Å². The van der Waals surface area contributed by atoms with Crippen molar-refractivity contribution in [1.82, 2.24) is 15.8 Å². The van der Waals surface area contributed by atoms with E-state index in [4.69, 9.17) is 0 Å². The van der Waals surface area contributed by atoms with E-state index in [0.29, 0.717) is 33.9 Å². The van der Waals surface area contributed by atoms with Gasteiger partial charge >= 0.3 is 25.2 Å². The average Bonchev–Trinajstić information content (AvgIpc) is 2.87. The molecular formula is C23H21ClMnN5O2+. The predicted octanol–water partition coefficient (Wildman–Crippen LogP) is 4.08. The number of pyridine rings is 1. The van der Waals surface area contributed by atoms with E-state index in [2.05, 4.69) is 51.2 Å². The molecule has 0 saturated heterocycles. The van der Waals surface area contributed by atoms with Crippen LogP contribution >= 0.6 is 10.1 Å². The Labute approximate surface area is 199 Å². The number of nitrogens with one attached hydrogen (secondary N) is 2. The molecule has 2 N–H and O–H groups in total. The van der Waals surface area contributed by atoms with Crippen molar-refractivity contribution in [3.05, 3.63) is 101 Å². The van der Waals surface area contributed by atoms with Crippen LogP contribution in [0.5, 0.6) is 0 Å². The molecule has 32 heavy (non-hydrogen) atoms. The third-order valence-corrected chi connectivity index (χ3v) is 4.21. The second-order valence-corrected chi connectivity index (χ2v) is 6.42. The number of carbonyl (C=O) groups is 2. The molecule has 0 aliphatic carbocycles. The summed E-state index contributed by atoms with van der Waals surface area (Å²) >= 11 is 2.41. The van der Waals surface area contributed by atoms with Crippen LogP contribution in [-0.2, 0) is 15.1 Å². The van der Waals surface area contributed by atoms with Gasteiger partial charge in [0.1, 0.15) is 0 Å². The normalized spacial score (nSPS) is 11.1. The molecule has 3 aromatic rings. The van der Waals surface area contributed by atoms with Crippen LogP contribution in [0.1, 0.15) is 46.0 Å². The van der Waals surface area contributed by atoms with E-state index >= 15 is 0 Å². The fraction of sp³-hybridized carbons (Fsp3) is 0.0870. The summed E-state index contributed by atoms with van der Waals surface area (Å²) in [6.45, 7) is 3.50. The van der Waals surface area contributed by atoms with Crippen molar-refractivity contribution in [1.29, 1.82) is 0 Å². The first-order chi connectivity index (χ1) is 15.5. The molecule has 1 heterocycles. The summed E-state index contributed by atoms with van der Waals surface area (Å²) in [5.74, 6) is -0.597. The van der Waals surface area contributed by atoms with Crippen LogP contribution in [0.4, 0.5) is 0 Å². The Hall–Kier alpha value is -3.32. The summed E-state index contributed by atoms with van der Waals surface area (Å²) in [7, 11) is 4.45. The molecule has 3 rings (SSSR count). The monoisotopic (exact) mass is 489 g/mol. The topological polar surface area (TPSA) is 95.8 Å². The molecular weight excluding hydrogens is 469 g/mol. The molecule has 0 radical (unpaired) electrons. The molecule has 7 nitrogen and oxygen atoms in total. The first-order valence-corrected chi connectivity index (χ1v) is 11.1. The number of hydrogen-bond acceptors (Lipinski definition) is 5. The zero-order valence-corrected chi connectivity index (χ0v) is 19.4. The van der Waals surface area contributed by atoms with Crippen LogP contribution in [0.2, 0.25) is 0 Å².